The molecule has 0 saturated carbocycles. The van der Waals surface area contributed by atoms with Crippen LogP contribution in [0.15, 0.2) is 34.7 Å². The minimum atomic E-state index is -0.776. The average molecular weight is 275 g/mol. The van der Waals surface area contributed by atoms with Crippen molar-refractivity contribution in [2.45, 2.75) is 18.6 Å². The van der Waals surface area contributed by atoms with Crippen molar-refractivity contribution in [2.24, 2.45) is 0 Å². The molecule has 0 aliphatic carbocycles. The fourth-order valence-corrected chi connectivity index (χ4v) is 2.16. The third-order valence-electron chi connectivity index (χ3n) is 3.30. The number of nitrogens with one attached hydrogen (secondary N) is 1. The van der Waals surface area contributed by atoms with Gasteiger partial charge in [0.25, 0.3) is 0 Å². The minimum Gasteiger partial charge on any atom is -0.419 e. The molecule has 2 aromatic rings. The van der Waals surface area contributed by atoms with Gasteiger partial charge < -0.3 is 19.6 Å². The van der Waals surface area contributed by atoms with Crippen LogP contribution in [-0.2, 0) is 11.3 Å². The van der Waals surface area contributed by atoms with E-state index in [0.29, 0.717) is 44.5 Å². The molecule has 20 heavy (non-hydrogen) atoms. The van der Waals surface area contributed by atoms with Crippen LogP contribution in [0.1, 0.15) is 12.3 Å². The number of nitrogens with zero attached hydrogens (tertiary/aromatic N) is 2. The standard InChI is InChI=1S/C14H17N3O3/c18-14(6-7-19-10-14)9-15-8-12-16-17-13(20-12)11-4-2-1-3-5-11/h1-5,15,18H,6-10H2. The molecule has 0 radical (unpaired) electrons. The highest BCUT2D eigenvalue weighted by atomic mass is 16.5. The molecule has 0 spiro atoms. The van der Waals surface area contributed by atoms with Crippen molar-refractivity contribution in [3.8, 4) is 11.5 Å². The van der Waals surface area contributed by atoms with Crippen LogP contribution < -0.4 is 5.32 Å². The first kappa shape index (κ1) is 13.2. The van der Waals surface area contributed by atoms with Crippen LogP contribution >= 0.6 is 0 Å². The zero-order valence-electron chi connectivity index (χ0n) is 11.1. The van der Waals surface area contributed by atoms with E-state index in [1.54, 1.807) is 0 Å². The molecule has 3 rings (SSSR count). The molecule has 0 bridgehead atoms. The van der Waals surface area contributed by atoms with E-state index >= 15 is 0 Å². The largest absolute Gasteiger partial charge is 0.419 e. The van der Waals surface area contributed by atoms with E-state index in [1.165, 1.54) is 0 Å². The minimum absolute atomic E-state index is 0.374. The van der Waals surface area contributed by atoms with Crippen molar-refractivity contribution < 1.29 is 14.3 Å². The Morgan fingerprint density at radius 1 is 1.25 bits per heavy atom. The van der Waals surface area contributed by atoms with E-state index in [0.717, 1.165) is 5.56 Å². The van der Waals surface area contributed by atoms with Gasteiger partial charge in [0.15, 0.2) is 0 Å². The van der Waals surface area contributed by atoms with Crippen LogP contribution in [0.4, 0.5) is 0 Å². The maximum atomic E-state index is 10.1. The molecule has 1 aromatic carbocycles. The highest BCUT2D eigenvalue weighted by Crippen LogP contribution is 2.18. The third-order valence-corrected chi connectivity index (χ3v) is 3.30. The van der Waals surface area contributed by atoms with E-state index in [2.05, 4.69) is 15.5 Å². The van der Waals surface area contributed by atoms with Crippen molar-refractivity contribution in [1.29, 1.82) is 0 Å². The molecule has 1 aliphatic heterocycles. The summed E-state index contributed by atoms with van der Waals surface area (Å²) in [7, 11) is 0. The molecular formula is C14H17N3O3. The summed E-state index contributed by atoms with van der Waals surface area (Å²) >= 11 is 0. The molecule has 0 amide bonds. The van der Waals surface area contributed by atoms with Gasteiger partial charge in [-0.1, -0.05) is 18.2 Å². The van der Waals surface area contributed by atoms with Crippen molar-refractivity contribution >= 4 is 0 Å². The Morgan fingerprint density at radius 3 is 2.85 bits per heavy atom. The van der Waals surface area contributed by atoms with Gasteiger partial charge in [-0.25, -0.2) is 0 Å². The van der Waals surface area contributed by atoms with Crippen molar-refractivity contribution in [1.82, 2.24) is 15.5 Å². The van der Waals surface area contributed by atoms with E-state index < -0.39 is 5.60 Å². The zero-order chi connectivity index (χ0) is 13.8. The molecule has 1 atom stereocenters. The van der Waals surface area contributed by atoms with Crippen molar-refractivity contribution in [3.05, 3.63) is 36.2 Å². The number of ether oxygens (including phenoxy) is 1. The summed E-state index contributed by atoms with van der Waals surface area (Å²) in [5.41, 5.74) is 0.122. The normalized spacial score (nSPS) is 22.2. The van der Waals surface area contributed by atoms with Gasteiger partial charge in [0.1, 0.15) is 5.60 Å². The van der Waals surface area contributed by atoms with Gasteiger partial charge >= 0.3 is 0 Å². The average Bonchev–Trinajstić information content (AvgIpc) is 3.10. The first-order valence-electron chi connectivity index (χ1n) is 6.64. The lowest BCUT2D eigenvalue weighted by atomic mass is 10.0. The van der Waals surface area contributed by atoms with Gasteiger partial charge in [0, 0.05) is 25.1 Å². The first-order chi connectivity index (χ1) is 9.75. The highest BCUT2D eigenvalue weighted by Gasteiger charge is 2.31. The van der Waals surface area contributed by atoms with Crippen LogP contribution in [0.3, 0.4) is 0 Å². The molecule has 6 heteroatoms. The second-order valence-corrected chi connectivity index (χ2v) is 5.00. The number of aliphatic hydroxyl groups is 1. The number of benzene rings is 1. The SMILES string of the molecule is OC1(CNCc2nnc(-c3ccccc3)o2)CCOC1. The quantitative estimate of drug-likeness (QED) is 0.846. The molecule has 2 N–H and O–H groups in total. The summed E-state index contributed by atoms with van der Waals surface area (Å²) in [5.74, 6) is 1.01. The maximum absolute atomic E-state index is 10.1. The lowest BCUT2D eigenvalue weighted by molar-refractivity contribution is 0.0264. The Labute approximate surface area is 116 Å². The van der Waals surface area contributed by atoms with E-state index in [-0.39, 0.29) is 0 Å². The summed E-state index contributed by atoms with van der Waals surface area (Å²) in [5, 5.41) is 21.2. The Hall–Kier alpha value is -1.76. The molecular weight excluding hydrogens is 258 g/mol. The summed E-state index contributed by atoms with van der Waals surface area (Å²) in [4.78, 5) is 0. The van der Waals surface area contributed by atoms with Crippen LogP contribution in [0.2, 0.25) is 0 Å². The van der Waals surface area contributed by atoms with Gasteiger partial charge in [-0.15, -0.1) is 10.2 Å². The second-order valence-electron chi connectivity index (χ2n) is 5.00. The van der Waals surface area contributed by atoms with Crippen LogP contribution in [0.5, 0.6) is 0 Å². The number of rotatable bonds is 5. The van der Waals surface area contributed by atoms with Gasteiger partial charge in [0.2, 0.25) is 11.8 Å². The van der Waals surface area contributed by atoms with Gasteiger partial charge in [-0.05, 0) is 12.1 Å². The summed E-state index contributed by atoms with van der Waals surface area (Å²) < 4.78 is 10.8. The Kier molecular flexibility index (Phi) is 3.77. The predicted octanol–water partition coefficient (Wildman–Crippen LogP) is 0.978. The molecule has 1 aromatic heterocycles. The van der Waals surface area contributed by atoms with Gasteiger partial charge in [-0.3, -0.25) is 0 Å². The fourth-order valence-electron chi connectivity index (χ4n) is 2.16. The topological polar surface area (TPSA) is 80.4 Å². The molecule has 1 unspecified atom stereocenters. The van der Waals surface area contributed by atoms with Crippen molar-refractivity contribution in [2.75, 3.05) is 19.8 Å². The first-order valence-corrected chi connectivity index (χ1v) is 6.64. The smallest absolute Gasteiger partial charge is 0.247 e. The summed E-state index contributed by atoms with van der Waals surface area (Å²) in [6, 6.07) is 9.62. The van der Waals surface area contributed by atoms with Crippen LogP contribution in [0, 0.1) is 0 Å². The number of aromatic nitrogens is 2. The highest BCUT2D eigenvalue weighted by molar-refractivity contribution is 5.51. The van der Waals surface area contributed by atoms with Crippen LogP contribution in [0.25, 0.3) is 11.5 Å². The van der Waals surface area contributed by atoms with E-state index in [9.17, 15) is 5.11 Å². The molecule has 1 aliphatic rings. The van der Waals surface area contributed by atoms with Gasteiger partial charge in [0.05, 0.1) is 13.2 Å². The van der Waals surface area contributed by atoms with Crippen LogP contribution in [-0.4, -0.2) is 40.7 Å². The Bertz CT molecular complexity index is 550. The Morgan fingerprint density at radius 2 is 2.10 bits per heavy atom. The van der Waals surface area contributed by atoms with E-state index in [1.807, 2.05) is 30.3 Å². The molecule has 2 heterocycles. The molecule has 6 nitrogen and oxygen atoms in total. The third kappa shape index (κ3) is 3.04. The molecule has 1 saturated heterocycles. The molecule has 106 valence electrons. The van der Waals surface area contributed by atoms with Crippen molar-refractivity contribution in [3.63, 3.8) is 0 Å². The lowest BCUT2D eigenvalue weighted by Gasteiger charge is -2.19. The summed E-state index contributed by atoms with van der Waals surface area (Å²) in [6.07, 6.45) is 0.652. The number of hydrogen-bond donors (Lipinski definition) is 2. The second kappa shape index (κ2) is 5.70. The monoisotopic (exact) mass is 275 g/mol. The number of hydrogen-bond acceptors (Lipinski definition) is 6. The maximum Gasteiger partial charge on any atom is 0.247 e. The van der Waals surface area contributed by atoms with Gasteiger partial charge in [-0.2, -0.15) is 0 Å². The lowest BCUT2D eigenvalue weighted by Crippen LogP contribution is -2.40. The molecule has 1 fully saturated rings. The zero-order valence-corrected chi connectivity index (χ0v) is 11.1. The summed E-state index contributed by atoms with van der Waals surface area (Å²) in [6.45, 7) is 1.87. The Balaban J connectivity index is 1.55. The predicted molar refractivity (Wildman–Crippen MR) is 71.8 cm³/mol. The fraction of sp³-hybridized carbons (Fsp3) is 0.429. The van der Waals surface area contributed by atoms with E-state index in [4.69, 9.17) is 9.15 Å².